The van der Waals surface area contributed by atoms with Gasteiger partial charge in [-0.25, -0.2) is 0 Å². The van der Waals surface area contributed by atoms with Crippen molar-refractivity contribution >= 4 is 5.91 Å². The number of amides is 1. The summed E-state index contributed by atoms with van der Waals surface area (Å²) in [6.45, 7) is 5.62. The monoisotopic (exact) mass is 290 g/mol. The average molecular weight is 290 g/mol. The molecule has 114 valence electrons. The Hall–Kier alpha value is -2.18. The molecule has 7 heteroatoms. The van der Waals surface area contributed by atoms with E-state index >= 15 is 0 Å². The van der Waals surface area contributed by atoms with Gasteiger partial charge in [0, 0.05) is 26.3 Å². The Bertz CT molecular complexity index is 572. The number of nitrogens with zero attached hydrogens (tertiary/aromatic N) is 5. The molecule has 0 saturated heterocycles. The first-order valence-corrected chi connectivity index (χ1v) is 7.21. The van der Waals surface area contributed by atoms with Gasteiger partial charge < -0.3 is 5.32 Å². The minimum absolute atomic E-state index is 0.0846. The number of carbonyl (C=O) groups is 1. The molecule has 0 fully saturated rings. The molecule has 0 aromatic carbocycles. The van der Waals surface area contributed by atoms with Crippen molar-refractivity contribution in [3.8, 4) is 0 Å². The Kier molecular flexibility index (Phi) is 5.08. The third-order valence-corrected chi connectivity index (χ3v) is 3.10. The second-order valence-electron chi connectivity index (χ2n) is 5.52. The highest BCUT2D eigenvalue weighted by molar-refractivity contribution is 5.92. The van der Waals surface area contributed by atoms with Crippen molar-refractivity contribution in [2.24, 2.45) is 13.0 Å². The summed E-state index contributed by atoms with van der Waals surface area (Å²) in [6, 6.07) is 1.87. The maximum atomic E-state index is 12.1. The van der Waals surface area contributed by atoms with Gasteiger partial charge in [-0.3, -0.25) is 14.2 Å². The number of aryl methyl sites for hydroxylation is 2. The van der Waals surface area contributed by atoms with Crippen molar-refractivity contribution in [3.63, 3.8) is 0 Å². The van der Waals surface area contributed by atoms with Crippen LogP contribution in [-0.4, -0.2) is 37.2 Å². The van der Waals surface area contributed by atoms with Crippen LogP contribution in [0.1, 0.15) is 36.5 Å². The van der Waals surface area contributed by atoms with Crippen LogP contribution in [0.15, 0.2) is 18.5 Å². The van der Waals surface area contributed by atoms with E-state index in [-0.39, 0.29) is 5.91 Å². The van der Waals surface area contributed by atoms with Gasteiger partial charge in [0.15, 0.2) is 0 Å². The SMILES string of the molecule is CC(C)Cc1cc(C(=O)NCCCn2ccnn2)n(C)n1. The van der Waals surface area contributed by atoms with Gasteiger partial charge >= 0.3 is 0 Å². The summed E-state index contributed by atoms with van der Waals surface area (Å²) in [6.07, 6.45) is 5.14. The largest absolute Gasteiger partial charge is 0.351 e. The van der Waals surface area contributed by atoms with Gasteiger partial charge in [0.2, 0.25) is 0 Å². The van der Waals surface area contributed by atoms with Crippen molar-refractivity contribution in [3.05, 3.63) is 29.8 Å². The van der Waals surface area contributed by atoms with E-state index < -0.39 is 0 Å². The standard InChI is InChI=1S/C14H22N6O/c1-11(2)9-12-10-13(19(3)17-12)14(21)15-5-4-7-20-8-6-16-18-20/h6,8,10-11H,4-5,7,9H2,1-3H3,(H,15,21). The van der Waals surface area contributed by atoms with E-state index in [9.17, 15) is 4.79 Å². The fourth-order valence-corrected chi connectivity index (χ4v) is 2.14. The molecule has 0 bridgehead atoms. The first kappa shape index (κ1) is 15.2. The van der Waals surface area contributed by atoms with Crippen LogP contribution in [0.5, 0.6) is 0 Å². The summed E-state index contributed by atoms with van der Waals surface area (Å²) in [4.78, 5) is 12.1. The van der Waals surface area contributed by atoms with Gasteiger partial charge in [0.05, 0.1) is 11.9 Å². The van der Waals surface area contributed by atoms with Crippen LogP contribution >= 0.6 is 0 Å². The Morgan fingerprint density at radius 2 is 2.24 bits per heavy atom. The smallest absolute Gasteiger partial charge is 0.269 e. The molecule has 2 rings (SSSR count). The lowest BCUT2D eigenvalue weighted by molar-refractivity contribution is 0.0943. The predicted molar refractivity (Wildman–Crippen MR) is 78.7 cm³/mol. The maximum Gasteiger partial charge on any atom is 0.269 e. The van der Waals surface area contributed by atoms with Gasteiger partial charge in [-0.05, 0) is 24.8 Å². The summed E-state index contributed by atoms with van der Waals surface area (Å²) < 4.78 is 3.39. The minimum Gasteiger partial charge on any atom is -0.351 e. The molecule has 0 saturated carbocycles. The molecule has 2 aromatic heterocycles. The van der Waals surface area contributed by atoms with E-state index in [0.29, 0.717) is 18.2 Å². The first-order chi connectivity index (χ1) is 10.1. The van der Waals surface area contributed by atoms with Crippen LogP contribution in [0, 0.1) is 5.92 Å². The first-order valence-electron chi connectivity index (χ1n) is 7.21. The summed E-state index contributed by atoms with van der Waals surface area (Å²) in [5.41, 5.74) is 1.56. The highest BCUT2D eigenvalue weighted by Gasteiger charge is 2.13. The zero-order chi connectivity index (χ0) is 15.2. The van der Waals surface area contributed by atoms with Crippen molar-refractivity contribution in [1.29, 1.82) is 0 Å². The fourth-order valence-electron chi connectivity index (χ4n) is 2.14. The van der Waals surface area contributed by atoms with Crippen molar-refractivity contribution in [1.82, 2.24) is 30.1 Å². The number of rotatable bonds is 7. The third kappa shape index (κ3) is 4.40. The van der Waals surface area contributed by atoms with E-state index in [2.05, 4.69) is 34.6 Å². The summed E-state index contributed by atoms with van der Waals surface area (Å²) >= 11 is 0. The van der Waals surface area contributed by atoms with Gasteiger partial charge in [-0.1, -0.05) is 19.1 Å². The van der Waals surface area contributed by atoms with Crippen LogP contribution < -0.4 is 5.32 Å². The van der Waals surface area contributed by atoms with Crippen molar-refractivity contribution < 1.29 is 4.79 Å². The highest BCUT2D eigenvalue weighted by Crippen LogP contribution is 2.08. The summed E-state index contributed by atoms with van der Waals surface area (Å²) in [7, 11) is 1.80. The van der Waals surface area contributed by atoms with Gasteiger partial charge in [-0.2, -0.15) is 5.10 Å². The molecule has 2 heterocycles. The summed E-state index contributed by atoms with van der Waals surface area (Å²) in [5, 5.41) is 14.9. The molecule has 0 aliphatic heterocycles. The lowest BCUT2D eigenvalue weighted by Crippen LogP contribution is -2.27. The Morgan fingerprint density at radius 3 is 2.90 bits per heavy atom. The zero-order valence-electron chi connectivity index (χ0n) is 12.8. The molecule has 2 aromatic rings. The number of nitrogens with one attached hydrogen (secondary N) is 1. The molecule has 0 unspecified atom stereocenters. The molecule has 1 amide bonds. The Balaban J connectivity index is 1.81. The molecule has 21 heavy (non-hydrogen) atoms. The lowest BCUT2D eigenvalue weighted by atomic mass is 10.1. The van der Waals surface area contributed by atoms with Crippen LogP contribution in [0.4, 0.5) is 0 Å². The lowest BCUT2D eigenvalue weighted by Gasteiger charge is -2.05. The van der Waals surface area contributed by atoms with Crippen molar-refractivity contribution in [2.45, 2.75) is 33.2 Å². The maximum absolute atomic E-state index is 12.1. The molecule has 1 N–H and O–H groups in total. The normalized spacial score (nSPS) is 11.0. The van der Waals surface area contributed by atoms with Gasteiger partial charge in [0.25, 0.3) is 5.91 Å². The number of aromatic nitrogens is 5. The quantitative estimate of drug-likeness (QED) is 0.773. The minimum atomic E-state index is -0.0846. The Morgan fingerprint density at radius 1 is 1.43 bits per heavy atom. The van der Waals surface area contributed by atoms with Crippen molar-refractivity contribution in [2.75, 3.05) is 6.54 Å². The molecule has 0 atom stereocenters. The van der Waals surface area contributed by atoms with Crippen LogP contribution in [0.3, 0.4) is 0 Å². The number of carbonyl (C=O) groups excluding carboxylic acids is 1. The molecular formula is C14H22N6O. The number of hydrogen-bond donors (Lipinski definition) is 1. The van der Waals surface area contributed by atoms with E-state index in [0.717, 1.165) is 25.1 Å². The topological polar surface area (TPSA) is 77.6 Å². The Labute approximate surface area is 124 Å². The van der Waals surface area contributed by atoms with E-state index in [1.807, 2.05) is 6.07 Å². The van der Waals surface area contributed by atoms with Crippen LogP contribution in [-0.2, 0) is 20.0 Å². The second-order valence-corrected chi connectivity index (χ2v) is 5.52. The molecule has 7 nitrogen and oxygen atoms in total. The molecular weight excluding hydrogens is 268 g/mol. The van der Waals surface area contributed by atoms with E-state index in [1.54, 1.807) is 28.8 Å². The van der Waals surface area contributed by atoms with Crippen LogP contribution in [0.2, 0.25) is 0 Å². The molecule has 0 aliphatic rings. The third-order valence-electron chi connectivity index (χ3n) is 3.10. The number of hydrogen-bond acceptors (Lipinski definition) is 4. The molecule has 0 radical (unpaired) electrons. The molecule has 0 aliphatic carbocycles. The zero-order valence-corrected chi connectivity index (χ0v) is 12.8. The van der Waals surface area contributed by atoms with Crippen LogP contribution in [0.25, 0.3) is 0 Å². The predicted octanol–water partition coefficient (Wildman–Crippen LogP) is 1.03. The van der Waals surface area contributed by atoms with Gasteiger partial charge in [0.1, 0.15) is 5.69 Å². The van der Waals surface area contributed by atoms with E-state index in [4.69, 9.17) is 0 Å². The van der Waals surface area contributed by atoms with E-state index in [1.165, 1.54) is 0 Å². The molecule has 0 spiro atoms. The average Bonchev–Trinajstić information content (AvgIpc) is 3.03. The fraction of sp³-hybridized carbons (Fsp3) is 0.571. The van der Waals surface area contributed by atoms with Gasteiger partial charge in [-0.15, -0.1) is 5.10 Å². The summed E-state index contributed by atoms with van der Waals surface area (Å²) in [5.74, 6) is 0.442. The second kappa shape index (κ2) is 7.01. The highest BCUT2D eigenvalue weighted by atomic mass is 16.2.